The summed E-state index contributed by atoms with van der Waals surface area (Å²) in [5, 5.41) is 0.305. The van der Waals surface area contributed by atoms with E-state index in [0.717, 1.165) is 0 Å². The molecule has 0 aliphatic carbocycles. The van der Waals surface area contributed by atoms with Gasteiger partial charge in [0.2, 0.25) is 21.8 Å². The maximum Gasteiger partial charge on any atom is 0.241 e. The SMILES string of the molecule is CC(=O)N1CCN(C(=O)CNS(=O)(=O)c2cccc(Cl)c2)CC1. The lowest BCUT2D eigenvalue weighted by Gasteiger charge is -2.34. The first-order chi connectivity index (χ1) is 10.8. The van der Waals surface area contributed by atoms with E-state index in [4.69, 9.17) is 11.6 Å². The molecule has 1 N–H and O–H groups in total. The molecule has 0 radical (unpaired) electrons. The van der Waals surface area contributed by atoms with E-state index in [1.165, 1.54) is 25.1 Å². The van der Waals surface area contributed by atoms with Crippen LogP contribution in [-0.2, 0) is 19.6 Å². The van der Waals surface area contributed by atoms with E-state index in [2.05, 4.69) is 4.72 Å². The predicted octanol–water partition coefficient (Wildman–Crippen LogP) is 0.309. The van der Waals surface area contributed by atoms with Crippen LogP contribution in [0.5, 0.6) is 0 Å². The van der Waals surface area contributed by atoms with E-state index in [1.54, 1.807) is 15.9 Å². The minimum Gasteiger partial charge on any atom is -0.339 e. The first-order valence-electron chi connectivity index (χ1n) is 7.08. The number of amides is 2. The Morgan fingerprint density at radius 1 is 1.17 bits per heavy atom. The number of nitrogens with one attached hydrogen (secondary N) is 1. The topological polar surface area (TPSA) is 86.8 Å². The van der Waals surface area contributed by atoms with Gasteiger partial charge in [-0.1, -0.05) is 17.7 Å². The molecule has 126 valence electrons. The fraction of sp³-hybridized carbons (Fsp3) is 0.429. The third kappa shape index (κ3) is 4.66. The number of halogens is 1. The normalized spacial score (nSPS) is 15.6. The second kappa shape index (κ2) is 7.29. The van der Waals surface area contributed by atoms with Gasteiger partial charge in [0.15, 0.2) is 0 Å². The summed E-state index contributed by atoms with van der Waals surface area (Å²) in [6.07, 6.45) is 0. The van der Waals surface area contributed by atoms with Gasteiger partial charge >= 0.3 is 0 Å². The number of hydrogen-bond acceptors (Lipinski definition) is 4. The maximum atomic E-state index is 12.1. The minimum absolute atomic E-state index is 0.0131. The Kier molecular flexibility index (Phi) is 5.61. The van der Waals surface area contributed by atoms with Gasteiger partial charge in [-0.3, -0.25) is 9.59 Å². The summed E-state index contributed by atoms with van der Waals surface area (Å²) < 4.78 is 26.5. The maximum absolute atomic E-state index is 12.1. The molecule has 23 heavy (non-hydrogen) atoms. The number of rotatable bonds is 4. The monoisotopic (exact) mass is 359 g/mol. The highest BCUT2D eigenvalue weighted by molar-refractivity contribution is 7.89. The third-order valence-corrected chi connectivity index (χ3v) is 5.23. The van der Waals surface area contributed by atoms with Crippen LogP contribution in [0, 0.1) is 0 Å². The highest BCUT2D eigenvalue weighted by Crippen LogP contribution is 2.15. The standard InChI is InChI=1S/C14H18ClN3O4S/c1-11(19)17-5-7-18(8-6-17)14(20)10-16-23(21,22)13-4-2-3-12(15)9-13/h2-4,9,16H,5-8,10H2,1H3. The number of piperazine rings is 1. The van der Waals surface area contributed by atoms with Crippen LogP contribution in [0.1, 0.15) is 6.92 Å². The Balaban J connectivity index is 1.91. The van der Waals surface area contributed by atoms with Crippen LogP contribution >= 0.6 is 11.6 Å². The van der Waals surface area contributed by atoms with E-state index in [0.29, 0.717) is 31.2 Å². The number of nitrogens with zero attached hydrogens (tertiary/aromatic N) is 2. The van der Waals surface area contributed by atoms with E-state index in [9.17, 15) is 18.0 Å². The molecule has 7 nitrogen and oxygen atoms in total. The summed E-state index contributed by atoms with van der Waals surface area (Å²) in [6, 6.07) is 5.82. The quantitative estimate of drug-likeness (QED) is 0.838. The van der Waals surface area contributed by atoms with Gasteiger partial charge in [-0.25, -0.2) is 13.1 Å². The van der Waals surface area contributed by atoms with Crippen LogP contribution in [-0.4, -0.2) is 62.8 Å². The minimum atomic E-state index is -3.79. The van der Waals surface area contributed by atoms with Crippen molar-refractivity contribution in [1.82, 2.24) is 14.5 Å². The molecule has 0 saturated carbocycles. The molecule has 1 aliphatic heterocycles. The van der Waals surface area contributed by atoms with Gasteiger partial charge in [0.25, 0.3) is 0 Å². The summed E-state index contributed by atoms with van der Waals surface area (Å²) >= 11 is 5.77. The fourth-order valence-electron chi connectivity index (χ4n) is 2.26. The molecule has 1 fully saturated rings. The molecular formula is C14H18ClN3O4S. The van der Waals surface area contributed by atoms with Crippen molar-refractivity contribution >= 4 is 33.4 Å². The van der Waals surface area contributed by atoms with Crippen LogP contribution in [0.15, 0.2) is 29.2 Å². The Labute approximate surface area is 140 Å². The van der Waals surface area contributed by atoms with E-state index < -0.39 is 10.0 Å². The number of sulfonamides is 1. The summed E-state index contributed by atoms with van der Waals surface area (Å²) in [5.74, 6) is -0.349. The van der Waals surface area contributed by atoms with Crippen molar-refractivity contribution in [2.24, 2.45) is 0 Å². The van der Waals surface area contributed by atoms with Crippen molar-refractivity contribution in [1.29, 1.82) is 0 Å². The second-order valence-electron chi connectivity index (χ2n) is 5.17. The van der Waals surface area contributed by atoms with E-state index in [-0.39, 0.29) is 23.3 Å². The van der Waals surface area contributed by atoms with Gasteiger partial charge in [-0.2, -0.15) is 0 Å². The first kappa shape index (κ1) is 17.7. The molecule has 0 aromatic heterocycles. The Hall–Kier alpha value is -1.64. The molecule has 1 heterocycles. The predicted molar refractivity (Wildman–Crippen MR) is 85.5 cm³/mol. The lowest BCUT2D eigenvalue weighted by molar-refractivity contribution is -0.137. The van der Waals surface area contributed by atoms with Crippen LogP contribution in [0.4, 0.5) is 0 Å². The summed E-state index contributed by atoms with van der Waals surface area (Å²) in [7, 11) is -3.79. The van der Waals surface area contributed by atoms with Gasteiger partial charge < -0.3 is 9.80 Å². The van der Waals surface area contributed by atoms with Crippen molar-refractivity contribution < 1.29 is 18.0 Å². The average Bonchev–Trinajstić information content (AvgIpc) is 2.53. The molecule has 9 heteroatoms. The van der Waals surface area contributed by atoms with E-state index >= 15 is 0 Å². The molecule has 0 spiro atoms. The van der Waals surface area contributed by atoms with Crippen LogP contribution in [0.25, 0.3) is 0 Å². The highest BCUT2D eigenvalue weighted by atomic mass is 35.5. The highest BCUT2D eigenvalue weighted by Gasteiger charge is 2.23. The van der Waals surface area contributed by atoms with Crippen molar-refractivity contribution in [3.05, 3.63) is 29.3 Å². The van der Waals surface area contributed by atoms with Crippen LogP contribution in [0.3, 0.4) is 0 Å². The largest absolute Gasteiger partial charge is 0.339 e. The third-order valence-electron chi connectivity index (χ3n) is 3.60. The lowest BCUT2D eigenvalue weighted by atomic mass is 10.3. The number of carbonyl (C=O) groups is 2. The smallest absolute Gasteiger partial charge is 0.241 e. The molecule has 2 rings (SSSR count). The number of carbonyl (C=O) groups excluding carboxylic acids is 2. The number of benzene rings is 1. The zero-order valence-corrected chi connectivity index (χ0v) is 14.2. The van der Waals surface area contributed by atoms with Crippen LogP contribution in [0.2, 0.25) is 5.02 Å². The molecule has 0 bridgehead atoms. The summed E-state index contributed by atoms with van der Waals surface area (Å²) in [5.41, 5.74) is 0. The van der Waals surface area contributed by atoms with Gasteiger partial charge in [0, 0.05) is 38.1 Å². The van der Waals surface area contributed by atoms with Gasteiger partial charge in [0.05, 0.1) is 11.4 Å². The Morgan fingerprint density at radius 2 is 1.78 bits per heavy atom. The first-order valence-corrected chi connectivity index (χ1v) is 8.94. The average molecular weight is 360 g/mol. The van der Waals surface area contributed by atoms with Gasteiger partial charge in [0.1, 0.15) is 0 Å². The number of hydrogen-bond donors (Lipinski definition) is 1. The molecule has 1 saturated heterocycles. The van der Waals surface area contributed by atoms with E-state index in [1.807, 2.05) is 0 Å². The molecule has 1 aromatic rings. The zero-order chi connectivity index (χ0) is 17.0. The van der Waals surface area contributed by atoms with Gasteiger partial charge in [-0.05, 0) is 18.2 Å². The Bertz CT molecular complexity index is 700. The van der Waals surface area contributed by atoms with Crippen molar-refractivity contribution in [2.75, 3.05) is 32.7 Å². The molecule has 1 aliphatic rings. The van der Waals surface area contributed by atoms with Gasteiger partial charge in [-0.15, -0.1) is 0 Å². The molecular weight excluding hydrogens is 342 g/mol. The molecule has 0 atom stereocenters. The molecule has 0 unspecified atom stereocenters. The summed E-state index contributed by atoms with van der Waals surface area (Å²) in [4.78, 5) is 26.5. The zero-order valence-electron chi connectivity index (χ0n) is 12.7. The van der Waals surface area contributed by atoms with Crippen molar-refractivity contribution in [3.8, 4) is 0 Å². The molecule has 1 aromatic carbocycles. The van der Waals surface area contributed by atoms with Crippen LogP contribution < -0.4 is 4.72 Å². The fourth-order valence-corrected chi connectivity index (χ4v) is 3.53. The lowest BCUT2D eigenvalue weighted by Crippen LogP contribution is -2.52. The Morgan fingerprint density at radius 3 is 2.35 bits per heavy atom. The van der Waals surface area contributed by atoms with Crippen molar-refractivity contribution in [2.45, 2.75) is 11.8 Å². The van der Waals surface area contributed by atoms with Crippen molar-refractivity contribution in [3.63, 3.8) is 0 Å². The summed E-state index contributed by atoms with van der Waals surface area (Å²) in [6.45, 7) is 2.88. The molecule has 2 amide bonds. The second-order valence-corrected chi connectivity index (χ2v) is 7.37.